The second-order valence-corrected chi connectivity index (χ2v) is 5.85. The van der Waals surface area contributed by atoms with Gasteiger partial charge in [-0.05, 0) is 31.6 Å². The van der Waals surface area contributed by atoms with Crippen molar-refractivity contribution in [1.82, 2.24) is 5.32 Å². The van der Waals surface area contributed by atoms with Gasteiger partial charge in [0.2, 0.25) is 5.91 Å². The lowest BCUT2D eigenvalue weighted by Crippen LogP contribution is -2.45. The Hall–Kier alpha value is -0.570. The van der Waals surface area contributed by atoms with E-state index in [1.165, 1.54) is 25.7 Å². The van der Waals surface area contributed by atoms with E-state index >= 15 is 0 Å². The van der Waals surface area contributed by atoms with E-state index in [0.29, 0.717) is 12.5 Å². The number of nitrogens with one attached hydrogen (secondary N) is 1. The molecule has 3 nitrogen and oxygen atoms in total. The van der Waals surface area contributed by atoms with Gasteiger partial charge in [0.25, 0.3) is 0 Å². The highest BCUT2D eigenvalue weighted by molar-refractivity contribution is 5.82. The van der Waals surface area contributed by atoms with Crippen molar-refractivity contribution in [2.75, 3.05) is 13.1 Å². The number of carbonyl (C=O) groups excluding carboxylic acids is 1. The van der Waals surface area contributed by atoms with Crippen LogP contribution in [0.2, 0.25) is 0 Å². The van der Waals surface area contributed by atoms with Gasteiger partial charge in [-0.1, -0.05) is 33.1 Å². The Morgan fingerprint density at radius 3 is 2.59 bits per heavy atom. The first-order valence-electron chi connectivity index (χ1n) is 7.02. The summed E-state index contributed by atoms with van der Waals surface area (Å²) >= 11 is 0. The SMILES string of the molecule is CCC(C)(CN)C(=O)NCC1CCCCC1C. The predicted molar refractivity (Wildman–Crippen MR) is 71.6 cm³/mol. The standard InChI is InChI=1S/C14H28N2O/c1-4-14(3,10-15)13(17)16-9-12-8-6-5-7-11(12)2/h11-12H,4-10,15H2,1-3H3,(H,16,17). The highest BCUT2D eigenvalue weighted by Gasteiger charge is 2.30. The molecule has 0 saturated heterocycles. The van der Waals surface area contributed by atoms with Crippen LogP contribution in [0.1, 0.15) is 52.9 Å². The van der Waals surface area contributed by atoms with Crippen LogP contribution in [0.25, 0.3) is 0 Å². The molecule has 1 aliphatic carbocycles. The molecule has 0 aromatic heterocycles. The second kappa shape index (κ2) is 6.39. The zero-order chi connectivity index (χ0) is 12.9. The van der Waals surface area contributed by atoms with Crippen molar-refractivity contribution in [2.45, 2.75) is 52.9 Å². The minimum absolute atomic E-state index is 0.125. The molecular formula is C14H28N2O. The quantitative estimate of drug-likeness (QED) is 0.774. The maximum Gasteiger partial charge on any atom is 0.227 e. The van der Waals surface area contributed by atoms with Crippen LogP contribution >= 0.6 is 0 Å². The first kappa shape index (κ1) is 14.5. The van der Waals surface area contributed by atoms with Gasteiger partial charge in [0.05, 0.1) is 5.41 Å². The smallest absolute Gasteiger partial charge is 0.227 e. The Balaban J connectivity index is 2.41. The molecule has 100 valence electrons. The number of nitrogens with two attached hydrogens (primary N) is 1. The summed E-state index contributed by atoms with van der Waals surface area (Å²) in [6.07, 6.45) is 6.03. The molecule has 1 saturated carbocycles. The van der Waals surface area contributed by atoms with E-state index < -0.39 is 5.41 Å². The first-order valence-corrected chi connectivity index (χ1v) is 7.02. The minimum atomic E-state index is -0.391. The fourth-order valence-electron chi connectivity index (χ4n) is 2.53. The van der Waals surface area contributed by atoms with Crippen molar-refractivity contribution in [1.29, 1.82) is 0 Å². The van der Waals surface area contributed by atoms with Crippen molar-refractivity contribution in [3.63, 3.8) is 0 Å². The van der Waals surface area contributed by atoms with E-state index in [-0.39, 0.29) is 5.91 Å². The molecule has 0 aromatic carbocycles. The zero-order valence-electron chi connectivity index (χ0n) is 11.6. The molecule has 3 atom stereocenters. The third-order valence-corrected chi connectivity index (χ3v) is 4.59. The molecule has 0 bridgehead atoms. The average molecular weight is 240 g/mol. The monoisotopic (exact) mass is 240 g/mol. The molecule has 17 heavy (non-hydrogen) atoms. The van der Waals surface area contributed by atoms with Gasteiger partial charge in [-0.15, -0.1) is 0 Å². The summed E-state index contributed by atoms with van der Waals surface area (Å²) in [5, 5.41) is 3.11. The molecule has 1 aliphatic rings. The molecule has 1 amide bonds. The van der Waals surface area contributed by atoms with Crippen LogP contribution in [-0.2, 0) is 4.79 Å². The van der Waals surface area contributed by atoms with Gasteiger partial charge in [0.15, 0.2) is 0 Å². The lowest BCUT2D eigenvalue weighted by Gasteiger charge is -2.31. The maximum absolute atomic E-state index is 12.1. The molecule has 1 fully saturated rings. The molecule has 0 heterocycles. The third-order valence-electron chi connectivity index (χ3n) is 4.59. The second-order valence-electron chi connectivity index (χ2n) is 5.85. The Labute approximate surface area is 106 Å². The van der Waals surface area contributed by atoms with Crippen LogP contribution in [0.4, 0.5) is 0 Å². The molecule has 3 N–H and O–H groups in total. The van der Waals surface area contributed by atoms with E-state index in [2.05, 4.69) is 12.2 Å². The van der Waals surface area contributed by atoms with E-state index in [0.717, 1.165) is 18.9 Å². The van der Waals surface area contributed by atoms with Crippen molar-refractivity contribution >= 4 is 5.91 Å². The summed E-state index contributed by atoms with van der Waals surface area (Å²) in [7, 11) is 0. The number of rotatable bonds is 5. The number of amides is 1. The van der Waals surface area contributed by atoms with Crippen LogP contribution in [0.5, 0.6) is 0 Å². The Kier molecular flexibility index (Phi) is 5.44. The highest BCUT2D eigenvalue weighted by Crippen LogP contribution is 2.29. The lowest BCUT2D eigenvalue weighted by atomic mass is 9.80. The number of hydrogen-bond acceptors (Lipinski definition) is 2. The molecule has 0 radical (unpaired) electrons. The summed E-state index contributed by atoms with van der Waals surface area (Å²) in [5.74, 6) is 1.53. The maximum atomic E-state index is 12.1. The van der Waals surface area contributed by atoms with Gasteiger partial charge in [-0.2, -0.15) is 0 Å². The zero-order valence-corrected chi connectivity index (χ0v) is 11.6. The lowest BCUT2D eigenvalue weighted by molar-refractivity contribution is -0.130. The van der Waals surface area contributed by atoms with Crippen molar-refractivity contribution < 1.29 is 4.79 Å². The fraction of sp³-hybridized carbons (Fsp3) is 0.929. The predicted octanol–water partition coefficient (Wildman–Crippen LogP) is 2.30. The van der Waals surface area contributed by atoms with Crippen molar-refractivity contribution in [3.8, 4) is 0 Å². The molecule has 1 rings (SSSR count). The van der Waals surface area contributed by atoms with Crippen molar-refractivity contribution in [3.05, 3.63) is 0 Å². The van der Waals surface area contributed by atoms with Gasteiger partial charge in [-0.25, -0.2) is 0 Å². The van der Waals surface area contributed by atoms with E-state index in [1.54, 1.807) is 0 Å². The summed E-state index contributed by atoms with van der Waals surface area (Å²) in [6.45, 7) is 7.53. The largest absolute Gasteiger partial charge is 0.355 e. The van der Waals surface area contributed by atoms with E-state index in [1.807, 2.05) is 13.8 Å². The Morgan fingerprint density at radius 1 is 1.41 bits per heavy atom. The molecule has 0 aromatic rings. The summed E-state index contributed by atoms with van der Waals surface area (Å²) in [5.41, 5.74) is 5.30. The van der Waals surface area contributed by atoms with Gasteiger partial charge in [-0.3, -0.25) is 4.79 Å². The third kappa shape index (κ3) is 3.70. The minimum Gasteiger partial charge on any atom is -0.355 e. The Bertz CT molecular complexity index is 249. The Morgan fingerprint density at radius 2 is 2.06 bits per heavy atom. The van der Waals surface area contributed by atoms with Crippen molar-refractivity contribution in [2.24, 2.45) is 23.0 Å². The average Bonchev–Trinajstić information content (AvgIpc) is 2.36. The van der Waals surface area contributed by atoms with Crippen LogP contribution in [0.15, 0.2) is 0 Å². The molecule has 0 spiro atoms. The number of carbonyl (C=O) groups is 1. The van der Waals surface area contributed by atoms with Gasteiger partial charge in [0, 0.05) is 13.1 Å². The molecule has 3 heteroatoms. The summed E-state index contributed by atoms with van der Waals surface area (Å²) < 4.78 is 0. The molecular weight excluding hydrogens is 212 g/mol. The van der Waals surface area contributed by atoms with Gasteiger partial charge < -0.3 is 11.1 Å². The fourth-order valence-corrected chi connectivity index (χ4v) is 2.53. The summed E-state index contributed by atoms with van der Waals surface area (Å²) in [4.78, 5) is 12.1. The van der Waals surface area contributed by atoms with Gasteiger partial charge >= 0.3 is 0 Å². The van der Waals surface area contributed by atoms with Gasteiger partial charge in [0.1, 0.15) is 0 Å². The molecule has 0 aliphatic heterocycles. The summed E-state index contributed by atoms with van der Waals surface area (Å²) in [6, 6.07) is 0. The highest BCUT2D eigenvalue weighted by atomic mass is 16.2. The van der Waals surface area contributed by atoms with Crippen LogP contribution < -0.4 is 11.1 Å². The first-order chi connectivity index (χ1) is 8.03. The normalized spacial score (nSPS) is 28.5. The van der Waals surface area contributed by atoms with Crippen LogP contribution in [-0.4, -0.2) is 19.0 Å². The number of hydrogen-bond donors (Lipinski definition) is 2. The van der Waals surface area contributed by atoms with Crippen LogP contribution in [0, 0.1) is 17.3 Å². The van der Waals surface area contributed by atoms with E-state index in [4.69, 9.17) is 5.73 Å². The van der Waals surface area contributed by atoms with E-state index in [9.17, 15) is 4.79 Å². The molecule has 3 unspecified atom stereocenters. The van der Waals surface area contributed by atoms with Crippen LogP contribution in [0.3, 0.4) is 0 Å². The topological polar surface area (TPSA) is 55.1 Å².